The summed E-state index contributed by atoms with van der Waals surface area (Å²) in [7, 11) is 0. The number of hydrogen-bond acceptors (Lipinski definition) is 5. The maximum absolute atomic E-state index is 12.1. The van der Waals surface area contributed by atoms with Gasteiger partial charge in [-0.05, 0) is 56.1 Å². The number of aromatic nitrogens is 1. The van der Waals surface area contributed by atoms with Crippen LogP contribution in [0.3, 0.4) is 0 Å². The lowest BCUT2D eigenvalue weighted by Crippen LogP contribution is -2.45. The largest absolute Gasteiger partial charge is 0.486 e. The summed E-state index contributed by atoms with van der Waals surface area (Å²) in [6, 6.07) is 13.5. The summed E-state index contributed by atoms with van der Waals surface area (Å²) in [4.78, 5) is 18.7. The number of nitrogens with zero attached hydrogens (tertiary/aromatic N) is 2. The third kappa shape index (κ3) is 5.01. The Morgan fingerprint density at radius 2 is 1.89 bits per heavy atom. The first kappa shape index (κ1) is 18.7. The van der Waals surface area contributed by atoms with Crippen LogP contribution in [0.4, 0.5) is 0 Å². The smallest absolute Gasteiger partial charge is 0.226 e. The van der Waals surface area contributed by atoms with Crippen molar-refractivity contribution in [3.63, 3.8) is 0 Å². The van der Waals surface area contributed by atoms with Crippen LogP contribution in [-0.4, -0.2) is 54.7 Å². The molecule has 1 aromatic carbocycles. The molecule has 1 aromatic heterocycles. The Morgan fingerprint density at radius 1 is 1.11 bits per heavy atom. The number of para-hydroxylation sites is 2. The summed E-state index contributed by atoms with van der Waals surface area (Å²) in [5.41, 5.74) is 0.811. The summed E-state index contributed by atoms with van der Waals surface area (Å²) in [6.07, 6.45) is 4.32. The molecule has 1 fully saturated rings. The molecule has 28 heavy (non-hydrogen) atoms. The molecule has 6 nitrogen and oxygen atoms in total. The molecule has 2 aliphatic rings. The Kier molecular flexibility index (Phi) is 6.07. The molecule has 1 amide bonds. The van der Waals surface area contributed by atoms with E-state index < -0.39 is 0 Å². The first-order valence-corrected chi connectivity index (χ1v) is 10.0. The summed E-state index contributed by atoms with van der Waals surface area (Å²) in [6.45, 7) is 4.29. The predicted molar refractivity (Wildman–Crippen MR) is 106 cm³/mol. The van der Waals surface area contributed by atoms with Crippen molar-refractivity contribution in [3.8, 4) is 11.5 Å². The van der Waals surface area contributed by atoms with Gasteiger partial charge in [-0.15, -0.1) is 0 Å². The van der Waals surface area contributed by atoms with Crippen molar-refractivity contribution in [2.45, 2.75) is 25.4 Å². The van der Waals surface area contributed by atoms with Crippen LogP contribution in [0.1, 0.15) is 18.5 Å². The molecule has 0 aliphatic carbocycles. The third-order valence-corrected chi connectivity index (χ3v) is 5.39. The van der Waals surface area contributed by atoms with Crippen molar-refractivity contribution >= 4 is 5.91 Å². The van der Waals surface area contributed by atoms with Crippen LogP contribution >= 0.6 is 0 Å². The minimum atomic E-state index is 0.0487. The first-order valence-electron chi connectivity index (χ1n) is 10.0. The third-order valence-electron chi connectivity index (χ3n) is 5.39. The number of hydrogen-bond donors (Lipinski definition) is 1. The van der Waals surface area contributed by atoms with Crippen LogP contribution in [0.5, 0.6) is 11.5 Å². The van der Waals surface area contributed by atoms with Crippen molar-refractivity contribution in [1.29, 1.82) is 0 Å². The monoisotopic (exact) mass is 381 g/mol. The van der Waals surface area contributed by atoms with Gasteiger partial charge in [0.05, 0.1) is 6.42 Å². The molecule has 1 atom stereocenters. The number of fused-ring (bicyclic) bond motifs is 1. The molecule has 0 radical (unpaired) electrons. The zero-order valence-corrected chi connectivity index (χ0v) is 16.0. The average molecular weight is 381 g/mol. The summed E-state index contributed by atoms with van der Waals surface area (Å²) < 4.78 is 11.9. The normalized spacial score (nSPS) is 19.9. The van der Waals surface area contributed by atoms with E-state index in [2.05, 4.69) is 15.2 Å². The van der Waals surface area contributed by atoms with Gasteiger partial charge in [-0.1, -0.05) is 18.2 Å². The fraction of sp³-hybridized carbons (Fsp3) is 0.455. The molecule has 0 saturated carbocycles. The maximum Gasteiger partial charge on any atom is 0.226 e. The van der Waals surface area contributed by atoms with Crippen molar-refractivity contribution < 1.29 is 14.3 Å². The standard InChI is InChI=1S/C22H27N3O3/c26-22(13-18-5-3-4-10-23-18)24-14-17-8-11-25(12-9-17)15-19-16-27-20-6-1-2-7-21(20)28-19/h1-7,10,17,19H,8-9,11-16H2,(H,24,26). The van der Waals surface area contributed by atoms with Crippen LogP contribution < -0.4 is 14.8 Å². The Balaban J connectivity index is 1.16. The zero-order valence-electron chi connectivity index (χ0n) is 16.0. The van der Waals surface area contributed by atoms with Crippen LogP contribution in [0, 0.1) is 5.92 Å². The van der Waals surface area contributed by atoms with E-state index in [1.807, 2.05) is 42.5 Å². The molecular formula is C22H27N3O3. The summed E-state index contributed by atoms with van der Waals surface area (Å²) in [5, 5.41) is 3.07. The van der Waals surface area contributed by atoms with Crippen LogP contribution in [0.25, 0.3) is 0 Å². The number of nitrogens with one attached hydrogen (secondary N) is 1. The van der Waals surface area contributed by atoms with E-state index in [4.69, 9.17) is 9.47 Å². The molecule has 1 unspecified atom stereocenters. The van der Waals surface area contributed by atoms with E-state index in [0.29, 0.717) is 18.9 Å². The highest BCUT2D eigenvalue weighted by Gasteiger charge is 2.26. The molecule has 6 heteroatoms. The second-order valence-electron chi connectivity index (χ2n) is 7.54. The van der Waals surface area contributed by atoms with E-state index in [1.54, 1.807) is 6.20 Å². The van der Waals surface area contributed by atoms with Gasteiger partial charge in [0.25, 0.3) is 0 Å². The number of carbonyl (C=O) groups excluding carboxylic acids is 1. The zero-order chi connectivity index (χ0) is 19.2. The first-order chi connectivity index (χ1) is 13.8. The molecule has 0 spiro atoms. The van der Waals surface area contributed by atoms with Crippen molar-refractivity contribution in [3.05, 3.63) is 54.4 Å². The average Bonchev–Trinajstić information content (AvgIpc) is 2.74. The van der Waals surface area contributed by atoms with Gasteiger partial charge in [0.2, 0.25) is 5.91 Å². The Morgan fingerprint density at radius 3 is 2.68 bits per heavy atom. The molecule has 4 rings (SSSR count). The number of pyridine rings is 1. The molecular weight excluding hydrogens is 354 g/mol. The molecule has 3 heterocycles. The van der Waals surface area contributed by atoms with Gasteiger partial charge < -0.3 is 14.8 Å². The molecule has 1 N–H and O–H groups in total. The topological polar surface area (TPSA) is 63.7 Å². The number of rotatable bonds is 6. The molecule has 0 bridgehead atoms. The predicted octanol–water partition coefficient (Wildman–Crippen LogP) is 2.29. The number of piperidine rings is 1. The number of carbonyl (C=O) groups is 1. The molecule has 2 aliphatic heterocycles. The van der Waals surface area contributed by atoms with Crippen molar-refractivity contribution in [2.24, 2.45) is 5.92 Å². The molecule has 148 valence electrons. The summed E-state index contributed by atoms with van der Waals surface area (Å²) in [5.74, 6) is 2.25. The van der Waals surface area contributed by atoms with E-state index in [9.17, 15) is 4.79 Å². The maximum atomic E-state index is 12.1. The van der Waals surface area contributed by atoms with Crippen LogP contribution in [0.15, 0.2) is 48.7 Å². The molecule has 2 aromatic rings. The van der Waals surface area contributed by atoms with Crippen molar-refractivity contribution in [1.82, 2.24) is 15.2 Å². The number of amides is 1. The highest BCUT2D eigenvalue weighted by Crippen LogP contribution is 2.31. The van der Waals surface area contributed by atoms with Crippen molar-refractivity contribution in [2.75, 3.05) is 32.8 Å². The van der Waals surface area contributed by atoms with Gasteiger partial charge in [0.15, 0.2) is 11.5 Å². The van der Waals surface area contributed by atoms with Gasteiger partial charge in [-0.25, -0.2) is 0 Å². The van der Waals surface area contributed by atoms with E-state index in [-0.39, 0.29) is 12.0 Å². The molecule has 1 saturated heterocycles. The minimum Gasteiger partial charge on any atom is -0.486 e. The second-order valence-corrected chi connectivity index (χ2v) is 7.54. The number of likely N-dealkylation sites (tertiary alicyclic amines) is 1. The number of benzene rings is 1. The second kappa shape index (κ2) is 9.06. The van der Waals surface area contributed by atoms with Gasteiger partial charge in [0.1, 0.15) is 12.7 Å². The van der Waals surface area contributed by atoms with Gasteiger partial charge in [0, 0.05) is 25.0 Å². The summed E-state index contributed by atoms with van der Waals surface area (Å²) >= 11 is 0. The lowest BCUT2D eigenvalue weighted by Gasteiger charge is -2.35. The van der Waals surface area contributed by atoms with E-state index in [0.717, 1.165) is 56.2 Å². The quantitative estimate of drug-likeness (QED) is 0.832. The van der Waals surface area contributed by atoms with Crippen LogP contribution in [-0.2, 0) is 11.2 Å². The fourth-order valence-corrected chi connectivity index (χ4v) is 3.80. The Bertz CT molecular complexity index is 776. The van der Waals surface area contributed by atoms with Gasteiger partial charge >= 0.3 is 0 Å². The highest BCUT2D eigenvalue weighted by molar-refractivity contribution is 5.78. The fourth-order valence-electron chi connectivity index (χ4n) is 3.80. The lowest BCUT2D eigenvalue weighted by atomic mass is 9.96. The van der Waals surface area contributed by atoms with Gasteiger partial charge in [-0.3, -0.25) is 14.7 Å². The van der Waals surface area contributed by atoms with E-state index in [1.165, 1.54) is 0 Å². The SMILES string of the molecule is O=C(Cc1ccccn1)NCC1CCN(CC2COc3ccccc3O2)CC1. The van der Waals surface area contributed by atoms with Crippen LogP contribution in [0.2, 0.25) is 0 Å². The van der Waals surface area contributed by atoms with Gasteiger partial charge in [-0.2, -0.15) is 0 Å². The Hall–Kier alpha value is -2.60. The number of ether oxygens (including phenoxy) is 2. The highest BCUT2D eigenvalue weighted by atomic mass is 16.6. The Labute approximate surface area is 165 Å². The lowest BCUT2D eigenvalue weighted by molar-refractivity contribution is -0.120. The van der Waals surface area contributed by atoms with E-state index >= 15 is 0 Å². The minimum absolute atomic E-state index is 0.0487.